The Bertz CT molecular complexity index is 417. The Labute approximate surface area is 139 Å². The molecule has 1 aromatic rings. The van der Waals surface area contributed by atoms with Crippen molar-refractivity contribution in [2.24, 2.45) is 10.9 Å². The van der Waals surface area contributed by atoms with Crippen molar-refractivity contribution in [2.75, 3.05) is 13.1 Å². The number of rotatable bonds is 5. The molecule has 3 nitrogen and oxygen atoms in total. The molecule has 2 unspecified atom stereocenters. The van der Waals surface area contributed by atoms with Gasteiger partial charge in [-0.1, -0.05) is 44.2 Å². The van der Waals surface area contributed by atoms with E-state index in [2.05, 4.69) is 66.7 Å². The van der Waals surface area contributed by atoms with Crippen molar-refractivity contribution >= 4 is 29.9 Å². The molecule has 0 saturated heterocycles. The van der Waals surface area contributed by atoms with E-state index in [-0.39, 0.29) is 24.0 Å². The normalized spacial score (nSPS) is 21.3. The quantitative estimate of drug-likeness (QED) is 0.462. The smallest absolute Gasteiger partial charge is 0.191 e. The van der Waals surface area contributed by atoms with Gasteiger partial charge in [0, 0.05) is 25.0 Å². The van der Waals surface area contributed by atoms with Crippen LogP contribution in [-0.2, 0) is 0 Å². The molecule has 2 N–H and O–H groups in total. The summed E-state index contributed by atoms with van der Waals surface area (Å²) in [6.07, 6.45) is 1.20. The lowest BCUT2D eigenvalue weighted by Crippen LogP contribution is -2.39. The first-order valence-corrected chi connectivity index (χ1v) is 7.30. The fourth-order valence-electron chi connectivity index (χ4n) is 2.19. The molecule has 20 heavy (non-hydrogen) atoms. The Morgan fingerprint density at radius 1 is 1.30 bits per heavy atom. The summed E-state index contributed by atoms with van der Waals surface area (Å²) in [5, 5.41) is 6.85. The van der Waals surface area contributed by atoms with Gasteiger partial charge in [-0.15, -0.1) is 24.0 Å². The highest BCUT2D eigenvalue weighted by atomic mass is 127. The third-order valence-corrected chi connectivity index (χ3v) is 3.30. The fraction of sp³-hybridized carbons (Fsp3) is 0.562. The van der Waals surface area contributed by atoms with Crippen LogP contribution in [0.1, 0.15) is 38.7 Å². The summed E-state index contributed by atoms with van der Waals surface area (Å²) in [6, 6.07) is 11.3. The SMILES string of the molecule is CCNC(=NCC(C)C)NC1CC1c1ccccc1.I. The van der Waals surface area contributed by atoms with E-state index in [1.807, 2.05) is 0 Å². The average molecular weight is 387 g/mol. The van der Waals surface area contributed by atoms with Crippen LogP contribution in [0.4, 0.5) is 0 Å². The van der Waals surface area contributed by atoms with Crippen molar-refractivity contribution in [1.82, 2.24) is 10.6 Å². The minimum absolute atomic E-state index is 0. The number of guanidine groups is 1. The number of hydrogen-bond donors (Lipinski definition) is 2. The Balaban J connectivity index is 0.00000200. The molecule has 0 radical (unpaired) electrons. The van der Waals surface area contributed by atoms with E-state index in [0.717, 1.165) is 19.0 Å². The van der Waals surface area contributed by atoms with Crippen LogP contribution in [0, 0.1) is 5.92 Å². The molecule has 2 rings (SSSR count). The molecule has 0 aliphatic heterocycles. The van der Waals surface area contributed by atoms with Crippen LogP contribution in [0.25, 0.3) is 0 Å². The Morgan fingerprint density at radius 2 is 2.00 bits per heavy atom. The molecule has 4 heteroatoms. The summed E-state index contributed by atoms with van der Waals surface area (Å²) < 4.78 is 0. The number of benzene rings is 1. The molecule has 1 aromatic carbocycles. The molecule has 0 heterocycles. The highest BCUT2D eigenvalue weighted by molar-refractivity contribution is 14.0. The topological polar surface area (TPSA) is 36.4 Å². The van der Waals surface area contributed by atoms with Gasteiger partial charge in [0.25, 0.3) is 0 Å². The fourth-order valence-corrected chi connectivity index (χ4v) is 2.19. The summed E-state index contributed by atoms with van der Waals surface area (Å²) in [4.78, 5) is 4.62. The zero-order valence-corrected chi connectivity index (χ0v) is 14.9. The van der Waals surface area contributed by atoms with Crippen LogP contribution in [-0.4, -0.2) is 25.1 Å². The molecule has 1 aliphatic rings. The summed E-state index contributed by atoms with van der Waals surface area (Å²) >= 11 is 0. The highest BCUT2D eigenvalue weighted by Crippen LogP contribution is 2.40. The molecular weight excluding hydrogens is 361 g/mol. The van der Waals surface area contributed by atoms with Gasteiger partial charge < -0.3 is 10.6 Å². The van der Waals surface area contributed by atoms with Crippen LogP contribution in [0.2, 0.25) is 0 Å². The second-order valence-electron chi connectivity index (χ2n) is 5.62. The first kappa shape index (κ1) is 17.3. The predicted octanol–water partition coefficient (Wildman–Crippen LogP) is 3.37. The summed E-state index contributed by atoms with van der Waals surface area (Å²) in [6.45, 7) is 8.27. The van der Waals surface area contributed by atoms with E-state index in [1.165, 1.54) is 12.0 Å². The molecule has 0 amide bonds. The second-order valence-corrected chi connectivity index (χ2v) is 5.62. The van der Waals surface area contributed by atoms with Gasteiger partial charge in [0.2, 0.25) is 0 Å². The Morgan fingerprint density at radius 3 is 2.60 bits per heavy atom. The molecule has 1 saturated carbocycles. The molecule has 1 aliphatic carbocycles. The number of nitrogens with one attached hydrogen (secondary N) is 2. The van der Waals surface area contributed by atoms with Crippen LogP contribution >= 0.6 is 24.0 Å². The van der Waals surface area contributed by atoms with Crippen molar-refractivity contribution in [2.45, 2.75) is 39.2 Å². The minimum atomic E-state index is 0. The van der Waals surface area contributed by atoms with E-state index < -0.39 is 0 Å². The molecule has 0 aromatic heterocycles. The second kappa shape index (κ2) is 8.49. The van der Waals surface area contributed by atoms with Crippen LogP contribution < -0.4 is 10.6 Å². The van der Waals surface area contributed by atoms with Gasteiger partial charge in [-0.25, -0.2) is 0 Å². The molecule has 0 bridgehead atoms. The monoisotopic (exact) mass is 387 g/mol. The van der Waals surface area contributed by atoms with Crippen molar-refractivity contribution in [3.8, 4) is 0 Å². The first-order valence-electron chi connectivity index (χ1n) is 7.30. The lowest BCUT2D eigenvalue weighted by atomic mass is 10.1. The summed E-state index contributed by atoms with van der Waals surface area (Å²) in [5.41, 5.74) is 1.43. The predicted molar refractivity (Wildman–Crippen MR) is 97.0 cm³/mol. The van der Waals surface area contributed by atoms with Crippen molar-refractivity contribution in [1.29, 1.82) is 0 Å². The van der Waals surface area contributed by atoms with Crippen LogP contribution in [0.15, 0.2) is 35.3 Å². The van der Waals surface area contributed by atoms with Gasteiger partial charge in [0.05, 0.1) is 0 Å². The van der Waals surface area contributed by atoms with Crippen molar-refractivity contribution in [3.05, 3.63) is 35.9 Å². The number of aliphatic imine (C=N–C) groups is 1. The third-order valence-electron chi connectivity index (χ3n) is 3.30. The zero-order valence-electron chi connectivity index (χ0n) is 12.6. The van der Waals surface area contributed by atoms with Gasteiger partial charge in [0.1, 0.15) is 0 Å². The van der Waals surface area contributed by atoms with E-state index in [9.17, 15) is 0 Å². The minimum Gasteiger partial charge on any atom is -0.357 e. The van der Waals surface area contributed by atoms with Crippen LogP contribution in [0.3, 0.4) is 0 Å². The summed E-state index contributed by atoms with van der Waals surface area (Å²) in [7, 11) is 0. The van der Waals surface area contributed by atoms with Crippen molar-refractivity contribution < 1.29 is 0 Å². The molecule has 1 fully saturated rings. The molecular formula is C16H26IN3. The number of halogens is 1. The largest absolute Gasteiger partial charge is 0.357 e. The maximum absolute atomic E-state index is 4.62. The maximum atomic E-state index is 4.62. The highest BCUT2D eigenvalue weighted by Gasteiger charge is 2.38. The lowest BCUT2D eigenvalue weighted by Gasteiger charge is -2.12. The van der Waals surface area contributed by atoms with Gasteiger partial charge in [-0.05, 0) is 24.8 Å². The maximum Gasteiger partial charge on any atom is 0.191 e. The molecule has 2 atom stereocenters. The van der Waals surface area contributed by atoms with Crippen molar-refractivity contribution in [3.63, 3.8) is 0 Å². The Kier molecular flexibility index (Phi) is 7.34. The van der Waals surface area contributed by atoms with Gasteiger partial charge in [-0.3, -0.25) is 4.99 Å². The van der Waals surface area contributed by atoms with E-state index >= 15 is 0 Å². The van der Waals surface area contributed by atoms with Gasteiger partial charge in [0.15, 0.2) is 5.96 Å². The first-order chi connectivity index (χ1) is 9.20. The summed E-state index contributed by atoms with van der Waals surface area (Å²) in [5.74, 6) is 2.20. The van der Waals surface area contributed by atoms with Gasteiger partial charge >= 0.3 is 0 Å². The average Bonchev–Trinajstić information content (AvgIpc) is 3.16. The lowest BCUT2D eigenvalue weighted by molar-refractivity contribution is 0.655. The standard InChI is InChI=1S/C16H25N3.HI/c1-4-17-16(18-11-12(2)3)19-15-10-14(15)13-8-6-5-7-9-13;/h5-9,12,14-15H,4,10-11H2,1-3H3,(H2,17,18,19);1H. The van der Waals surface area contributed by atoms with Crippen LogP contribution in [0.5, 0.6) is 0 Å². The Hall–Kier alpha value is -0.780. The van der Waals surface area contributed by atoms with E-state index in [1.54, 1.807) is 0 Å². The number of nitrogens with zero attached hydrogens (tertiary/aromatic N) is 1. The van der Waals surface area contributed by atoms with E-state index in [0.29, 0.717) is 17.9 Å². The number of hydrogen-bond acceptors (Lipinski definition) is 1. The third kappa shape index (κ3) is 5.31. The van der Waals surface area contributed by atoms with E-state index in [4.69, 9.17) is 0 Å². The van der Waals surface area contributed by atoms with Gasteiger partial charge in [-0.2, -0.15) is 0 Å². The zero-order chi connectivity index (χ0) is 13.7. The molecule has 0 spiro atoms. The molecule has 112 valence electrons.